The van der Waals surface area contributed by atoms with E-state index in [1.165, 1.54) is 30.3 Å². The Hall–Kier alpha value is -3.31. The second-order valence-corrected chi connectivity index (χ2v) is 5.83. The molecule has 144 valence electrons. The van der Waals surface area contributed by atoms with E-state index >= 15 is 0 Å². The van der Waals surface area contributed by atoms with Gasteiger partial charge in [-0.05, 0) is 42.0 Å². The van der Waals surface area contributed by atoms with E-state index in [0.29, 0.717) is 5.69 Å². The van der Waals surface area contributed by atoms with Crippen LogP contribution in [0.15, 0.2) is 48.5 Å². The summed E-state index contributed by atoms with van der Waals surface area (Å²) in [5, 5.41) is 11.4. The summed E-state index contributed by atoms with van der Waals surface area (Å²) in [5.74, 6) is -1.55. The summed E-state index contributed by atoms with van der Waals surface area (Å²) in [6.45, 7) is -0.608. The fourth-order valence-electron chi connectivity index (χ4n) is 2.05. The first-order chi connectivity index (χ1) is 13.2. The lowest BCUT2D eigenvalue weighted by atomic mass is 10.1. The number of hydrogen-bond acceptors (Lipinski definition) is 4. The number of halogens is 4. The number of alkyl halides is 3. The lowest BCUT2D eigenvalue weighted by Crippen LogP contribution is -2.20. The maximum Gasteiger partial charge on any atom is 0.416 e. The van der Waals surface area contributed by atoms with Crippen molar-refractivity contribution in [3.63, 3.8) is 0 Å². The van der Waals surface area contributed by atoms with Crippen LogP contribution in [0.5, 0.6) is 0 Å². The predicted molar refractivity (Wildman–Crippen MR) is 96.2 cm³/mol. The van der Waals surface area contributed by atoms with E-state index in [-0.39, 0.29) is 16.1 Å². The molecule has 0 saturated carbocycles. The molecule has 0 bridgehead atoms. The second kappa shape index (κ2) is 9.06. The molecular weight excluding hydrogens is 397 g/mol. The topological polar surface area (TPSA) is 79.2 Å². The zero-order valence-electron chi connectivity index (χ0n) is 14.1. The zero-order valence-corrected chi connectivity index (χ0v) is 14.8. The van der Waals surface area contributed by atoms with Gasteiger partial charge in [0.1, 0.15) is 6.07 Å². The molecule has 0 radical (unpaired) electrons. The van der Waals surface area contributed by atoms with Crippen molar-refractivity contribution in [1.29, 1.82) is 5.26 Å². The summed E-state index contributed by atoms with van der Waals surface area (Å²) in [7, 11) is 0. The van der Waals surface area contributed by atoms with Crippen molar-refractivity contribution in [3.8, 4) is 6.07 Å². The van der Waals surface area contributed by atoms with E-state index in [1.807, 2.05) is 6.07 Å². The molecule has 0 aromatic heterocycles. The van der Waals surface area contributed by atoms with Crippen molar-refractivity contribution in [2.45, 2.75) is 6.18 Å². The van der Waals surface area contributed by atoms with Crippen LogP contribution in [-0.4, -0.2) is 18.5 Å². The first-order valence-electron chi connectivity index (χ1n) is 7.70. The minimum absolute atomic E-state index is 0.154. The minimum Gasteiger partial charge on any atom is -0.452 e. The van der Waals surface area contributed by atoms with Crippen LogP contribution in [0.2, 0.25) is 5.02 Å². The van der Waals surface area contributed by atoms with E-state index < -0.39 is 30.2 Å². The molecule has 9 heteroatoms. The van der Waals surface area contributed by atoms with Crippen LogP contribution in [0.1, 0.15) is 16.7 Å². The Balaban J connectivity index is 1.88. The van der Waals surface area contributed by atoms with Gasteiger partial charge in [-0.2, -0.15) is 18.4 Å². The molecule has 0 unspecified atom stereocenters. The number of rotatable bonds is 5. The van der Waals surface area contributed by atoms with Crippen molar-refractivity contribution < 1.29 is 27.5 Å². The van der Waals surface area contributed by atoms with Crippen LogP contribution in [0.25, 0.3) is 6.08 Å². The molecule has 0 aliphatic carbocycles. The zero-order chi connectivity index (χ0) is 20.7. The van der Waals surface area contributed by atoms with Crippen LogP contribution >= 0.6 is 11.6 Å². The molecule has 2 aromatic carbocycles. The maximum absolute atomic E-state index is 12.6. The van der Waals surface area contributed by atoms with Crippen molar-refractivity contribution in [2.24, 2.45) is 0 Å². The fraction of sp³-hybridized carbons (Fsp3) is 0.105. The third-order valence-corrected chi connectivity index (χ3v) is 3.66. The fourth-order valence-corrected chi connectivity index (χ4v) is 2.27. The Labute approximate surface area is 163 Å². The van der Waals surface area contributed by atoms with Crippen LogP contribution in [-0.2, 0) is 20.5 Å². The minimum atomic E-state index is -4.49. The van der Waals surface area contributed by atoms with Gasteiger partial charge in [-0.1, -0.05) is 23.7 Å². The highest BCUT2D eigenvalue weighted by Gasteiger charge is 2.30. The van der Waals surface area contributed by atoms with Gasteiger partial charge < -0.3 is 10.1 Å². The third kappa shape index (κ3) is 6.14. The average molecular weight is 409 g/mol. The van der Waals surface area contributed by atoms with E-state index in [0.717, 1.165) is 24.3 Å². The van der Waals surface area contributed by atoms with Crippen LogP contribution < -0.4 is 5.32 Å². The molecule has 0 aliphatic rings. The number of nitrogens with zero attached hydrogens (tertiary/aromatic N) is 1. The van der Waals surface area contributed by atoms with Gasteiger partial charge in [-0.3, -0.25) is 4.79 Å². The van der Waals surface area contributed by atoms with Crippen molar-refractivity contribution >= 4 is 35.2 Å². The van der Waals surface area contributed by atoms with Gasteiger partial charge >= 0.3 is 12.1 Å². The van der Waals surface area contributed by atoms with Crippen LogP contribution in [0.4, 0.5) is 18.9 Å². The largest absolute Gasteiger partial charge is 0.452 e. The number of carbonyl (C=O) groups excluding carboxylic acids is 2. The molecule has 5 nitrogen and oxygen atoms in total. The third-order valence-electron chi connectivity index (χ3n) is 3.34. The monoisotopic (exact) mass is 408 g/mol. The number of nitrogens with one attached hydrogen (secondary N) is 1. The highest BCUT2D eigenvalue weighted by molar-refractivity contribution is 6.32. The average Bonchev–Trinajstić information content (AvgIpc) is 2.64. The molecule has 0 heterocycles. The molecule has 2 aromatic rings. The van der Waals surface area contributed by atoms with Gasteiger partial charge in [0.05, 0.1) is 16.1 Å². The molecule has 2 rings (SSSR count). The lowest BCUT2D eigenvalue weighted by molar-refractivity contribution is -0.142. The summed E-state index contributed by atoms with van der Waals surface area (Å²) >= 11 is 5.84. The number of anilines is 1. The Morgan fingerprint density at radius 2 is 1.96 bits per heavy atom. The summed E-state index contributed by atoms with van der Waals surface area (Å²) in [5.41, 5.74) is -0.137. The number of benzene rings is 2. The molecule has 0 spiro atoms. The number of carbonyl (C=O) groups is 2. The second-order valence-electron chi connectivity index (χ2n) is 5.42. The quantitative estimate of drug-likeness (QED) is 0.586. The molecule has 1 amide bonds. The first-order valence-corrected chi connectivity index (χ1v) is 8.08. The molecule has 0 fully saturated rings. The van der Waals surface area contributed by atoms with E-state index in [4.69, 9.17) is 21.6 Å². The summed E-state index contributed by atoms with van der Waals surface area (Å²) in [4.78, 5) is 23.4. The van der Waals surface area contributed by atoms with Gasteiger partial charge in [0.25, 0.3) is 5.91 Å². The molecule has 0 aliphatic heterocycles. The highest BCUT2D eigenvalue weighted by Crippen LogP contribution is 2.29. The van der Waals surface area contributed by atoms with E-state index in [9.17, 15) is 22.8 Å². The molecule has 28 heavy (non-hydrogen) atoms. The molecule has 0 atom stereocenters. The Kier molecular flexibility index (Phi) is 6.79. The first kappa shape index (κ1) is 21.0. The van der Waals surface area contributed by atoms with Gasteiger partial charge in [0.2, 0.25) is 0 Å². The van der Waals surface area contributed by atoms with Gasteiger partial charge in [0, 0.05) is 11.8 Å². The standard InChI is InChI=1S/C19H12ClF3N2O3/c20-16-9-15(6-5-13(16)10-24)25-17(26)11-28-18(27)7-4-12-2-1-3-14(8-12)19(21,22)23/h1-9H,11H2,(H,25,26)/b7-4+. The number of ether oxygens (including phenoxy) is 1. The van der Waals surface area contributed by atoms with Crippen LogP contribution in [0, 0.1) is 11.3 Å². The SMILES string of the molecule is N#Cc1ccc(NC(=O)COC(=O)/C=C/c2cccc(C(F)(F)F)c2)cc1Cl. The normalized spacial score (nSPS) is 11.1. The Bertz CT molecular complexity index is 966. The van der Waals surface area contributed by atoms with E-state index in [1.54, 1.807) is 0 Å². The predicted octanol–water partition coefficient (Wildman–Crippen LogP) is 4.43. The van der Waals surface area contributed by atoms with E-state index in [2.05, 4.69) is 5.32 Å². The van der Waals surface area contributed by atoms with Crippen molar-refractivity contribution in [1.82, 2.24) is 0 Å². The molecule has 0 saturated heterocycles. The number of hydrogen-bond donors (Lipinski definition) is 1. The lowest BCUT2D eigenvalue weighted by Gasteiger charge is -2.07. The highest BCUT2D eigenvalue weighted by atomic mass is 35.5. The number of amides is 1. The van der Waals surface area contributed by atoms with Crippen molar-refractivity contribution in [3.05, 3.63) is 70.3 Å². The van der Waals surface area contributed by atoms with Crippen LogP contribution in [0.3, 0.4) is 0 Å². The van der Waals surface area contributed by atoms with Gasteiger partial charge in [0.15, 0.2) is 6.61 Å². The molecule has 1 N–H and O–H groups in total. The Morgan fingerprint density at radius 3 is 2.61 bits per heavy atom. The van der Waals surface area contributed by atoms with Gasteiger partial charge in [-0.15, -0.1) is 0 Å². The Morgan fingerprint density at radius 1 is 1.21 bits per heavy atom. The van der Waals surface area contributed by atoms with Crippen molar-refractivity contribution in [2.75, 3.05) is 11.9 Å². The maximum atomic E-state index is 12.6. The molecular formula is C19H12ClF3N2O3. The summed E-state index contributed by atoms with van der Waals surface area (Å²) in [6, 6.07) is 10.5. The smallest absolute Gasteiger partial charge is 0.416 e. The summed E-state index contributed by atoms with van der Waals surface area (Å²) < 4.78 is 42.6. The summed E-state index contributed by atoms with van der Waals surface area (Å²) in [6.07, 6.45) is -2.42. The van der Waals surface area contributed by atoms with Gasteiger partial charge in [-0.25, -0.2) is 4.79 Å². The number of esters is 1. The number of nitriles is 1.